The SMILES string of the molecule is CC(C)(C)OC(=O)CC1CC(CCN=[N+]=[N-])OC(C)(C)O1. The fraction of sp³-hybridized carbons (Fsp3) is 0.929. The first-order chi connectivity index (χ1) is 9.61. The summed E-state index contributed by atoms with van der Waals surface area (Å²) in [4.78, 5) is 14.6. The number of azide groups is 1. The van der Waals surface area contributed by atoms with Crippen LogP contribution in [-0.4, -0.2) is 36.1 Å². The van der Waals surface area contributed by atoms with Gasteiger partial charge in [0.2, 0.25) is 0 Å². The maximum Gasteiger partial charge on any atom is 0.308 e. The summed E-state index contributed by atoms with van der Waals surface area (Å²) in [5.41, 5.74) is 7.81. The predicted octanol–water partition coefficient (Wildman–Crippen LogP) is 3.33. The van der Waals surface area contributed by atoms with Gasteiger partial charge in [-0.1, -0.05) is 5.11 Å². The van der Waals surface area contributed by atoms with E-state index in [0.29, 0.717) is 19.4 Å². The molecule has 120 valence electrons. The topological polar surface area (TPSA) is 93.5 Å². The Labute approximate surface area is 125 Å². The molecule has 0 aromatic heterocycles. The van der Waals surface area contributed by atoms with Crippen LogP contribution in [0.3, 0.4) is 0 Å². The first kappa shape index (κ1) is 17.8. The second-order valence-corrected chi connectivity index (χ2v) is 6.65. The summed E-state index contributed by atoms with van der Waals surface area (Å²) >= 11 is 0. The van der Waals surface area contributed by atoms with Gasteiger partial charge in [-0.3, -0.25) is 4.79 Å². The lowest BCUT2D eigenvalue weighted by Gasteiger charge is -2.40. The van der Waals surface area contributed by atoms with Gasteiger partial charge >= 0.3 is 5.97 Å². The number of carbonyl (C=O) groups is 1. The van der Waals surface area contributed by atoms with Crippen molar-refractivity contribution in [2.45, 2.75) is 77.5 Å². The van der Waals surface area contributed by atoms with E-state index < -0.39 is 11.4 Å². The number of nitrogens with zero attached hydrogens (tertiary/aromatic N) is 3. The van der Waals surface area contributed by atoms with Gasteiger partial charge in [0.15, 0.2) is 5.79 Å². The van der Waals surface area contributed by atoms with Crippen molar-refractivity contribution >= 4 is 5.97 Å². The predicted molar refractivity (Wildman–Crippen MR) is 77.5 cm³/mol. The summed E-state index contributed by atoms with van der Waals surface area (Å²) in [6, 6.07) is 0. The van der Waals surface area contributed by atoms with E-state index >= 15 is 0 Å². The van der Waals surface area contributed by atoms with Gasteiger partial charge in [0.25, 0.3) is 0 Å². The molecule has 2 unspecified atom stereocenters. The van der Waals surface area contributed by atoms with Crippen LogP contribution >= 0.6 is 0 Å². The van der Waals surface area contributed by atoms with Crippen LogP contribution in [0.4, 0.5) is 0 Å². The molecule has 1 saturated heterocycles. The molecule has 0 aromatic carbocycles. The minimum Gasteiger partial charge on any atom is -0.460 e. The summed E-state index contributed by atoms with van der Waals surface area (Å²) in [7, 11) is 0. The highest BCUT2D eigenvalue weighted by molar-refractivity contribution is 5.70. The third-order valence-electron chi connectivity index (χ3n) is 2.86. The van der Waals surface area contributed by atoms with Crippen molar-refractivity contribution in [3.63, 3.8) is 0 Å². The molecule has 2 atom stereocenters. The molecule has 0 spiro atoms. The minimum absolute atomic E-state index is 0.0910. The molecule has 1 fully saturated rings. The van der Waals surface area contributed by atoms with Crippen LogP contribution in [0.2, 0.25) is 0 Å². The second kappa shape index (κ2) is 7.11. The van der Waals surface area contributed by atoms with Crippen molar-refractivity contribution in [3.8, 4) is 0 Å². The van der Waals surface area contributed by atoms with Crippen molar-refractivity contribution in [1.82, 2.24) is 0 Å². The van der Waals surface area contributed by atoms with Gasteiger partial charge in [-0.2, -0.15) is 0 Å². The van der Waals surface area contributed by atoms with Gasteiger partial charge in [0.05, 0.1) is 18.6 Å². The highest BCUT2D eigenvalue weighted by Crippen LogP contribution is 2.30. The zero-order valence-electron chi connectivity index (χ0n) is 13.5. The third kappa shape index (κ3) is 7.32. The number of ether oxygens (including phenoxy) is 3. The Morgan fingerprint density at radius 2 is 2.00 bits per heavy atom. The normalized spacial score (nSPS) is 25.0. The lowest BCUT2D eigenvalue weighted by atomic mass is 10.0. The molecular weight excluding hydrogens is 274 g/mol. The molecular formula is C14H25N3O4. The summed E-state index contributed by atoms with van der Waals surface area (Å²) in [5.74, 6) is -1.04. The standard InChI is InChI=1S/C14H25N3O4/c1-13(2,3)21-12(18)9-11-8-10(6-7-16-17-15)19-14(4,5)20-11/h10-11H,6-9H2,1-5H3. The van der Waals surface area contributed by atoms with Crippen molar-refractivity contribution in [2.75, 3.05) is 6.54 Å². The largest absolute Gasteiger partial charge is 0.460 e. The van der Waals surface area contributed by atoms with Gasteiger partial charge in [0.1, 0.15) is 5.60 Å². The first-order valence-electron chi connectivity index (χ1n) is 7.19. The van der Waals surface area contributed by atoms with Gasteiger partial charge < -0.3 is 14.2 Å². The van der Waals surface area contributed by atoms with Crippen LogP contribution in [0.15, 0.2) is 5.11 Å². The van der Waals surface area contributed by atoms with Gasteiger partial charge in [-0.05, 0) is 46.6 Å². The fourth-order valence-corrected chi connectivity index (χ4v) is 2.34. The summed E-state index contributed by atoms with van der Waals surface area (Å²) in [6.07, 6.45) is 1.05. The minimum atomic E-state index is -0.758. The first-order valence-corrected chi connectivity index (χ1v) is 7.19. The van der Waals surface area contributed by atoms with Crippen molar-refractivity contribution in [3.05, 3.63) is 10.4 Å². The molecule has 1 aliphatic rings. The zero-order valence-corrected chi connectivity index (χ0v) is 13.5. The Morgan fingerprint density at radius 3 is 2.57 bits per heavy atom. The average molecular weight is 299 g/mol. The average Bonchev–Trinajstić information content (AvgIpc) is 2.23. The molecule has 0 aromatic rings. The van der Waals surface area contributed by atoms with Crippen molar-refractivity contribution in [1.29, 1.82) is 0 Å². The van der Waals surface area contributed by atoms with Gasteiger partial charge in [-0.25, -0.2) is 0 Å². The van der Waals surface area contributed by atoms with Gasteiger partial charge in [0, 0.05) is 17.9 Å². The molecule has 7 heteroatoms. The van der Waals surface area contributed by atoms with E-state index in [1.54, 1.807) is 0 Å². The Balaban J connectivity index is 2.56. The smallest absolute Gasteiger partial charge is 0.308 e. The summed E-state index contributed by atoms with van der Waals surface area (Å²) in [5, 5.41) is 3.52. The second-order valence-electron chi connectivity index (χ2n) is 6.65. The molecule has 1 rings (SSSR count). The van der Waals surface area contributed by atoms with Gasteiger partial charge in [-0.15, -0.1) is 0 Å². The van der Waals surface area contributed by atoms with Crippen molar-refractivity contribution in [2.24, 2.45) is 5.11 Å². The Morgan fingerprint density at radius 1 is 1.38 bits per heavy atom. The van der Waals surface area contributed by atoms with Crippen LogP contribution in [-0.2, 0) is 19.0 Å². The van der Waals surface area contributed by atoms with E-state index in [-0.39, 0.29) is 24.6 Å². The van der Waals surface area contributed by atoms with Crippen LogP contribution in [0, 0.1) is 0 Å². The van der Waals surface area contributed by atoms with Crippen LogP contribution < -0.4 is 0 Å². The fourth-order valence-electron chi connectivity index (χ4n) is 2.34. The highest BCUT2D eigenvalue weighted by Gasteiger charge is 2.36. The van der Waals surface area contributed by atoms with Crippen LogP contribution in [0.5, 0.6) is 0 Å². The lowest BCUT2D eigenvalue weighted by Crippen LogP contribution is -2.45. The quantitative estimate of drug-likeness (QED) is 0.337. The maximum atomic E-state index is 11.9. The molecule has 0 N–H and O–H groups in total. The molecule has 1 aliphatic heterocycles. The van der Waals surface area contributed by atoms with Crippen LogP contribution in [0.1, 0.15) is 53.9 Å². The number of hydrogen-bond acceptors (Lipinski definition) is 5. The maximum absolute atomic E-state index is 11.9. The number of esters is 1. The Kier molecular flexibility index (Phi) is 6.01. The molecule has 1 heterocycles. The monoisotopic (exact) mass is 299 g/mol. The molecule has 0 amide bonds. The molecule has 0 radical (unpaired) electrons. The Hall–Kier alpha value is -1.30. The number of hydrogen-bond donors (Lipinski definition) is 0. The Bertz CT molecular complexity index is 411. The van der Waals surface area contributed by atoms with E-state index in [1.165, 1.54) is 0 Å². The van der Waals surface area contributed by atoms with Crippen LogP contribution in [0.25, 0.3) is 10.4 Å². The molecule has 0 aliphatic carbocycles. The van der Waals surface area contributed by atoms with E-state index in [2.05, 4.69) is 10.0 Å². The zero-order chi connectivity index (χ0) is 16.1. The van der Waals surface area contributed by atoms with E-state index in [4.69, 9.17) is 19.7 Å². The third-order valence-corrected chi connectivity index (χ3v) is 2.86. The number of rotatable bonds is 5. The number of carbonyl (C=O) groups excluding carboxylic acids is 1. The highest BCUT2D eigenvalue weighted by atomic mass is 16.7. The summed E-state index contributed by atoms with van der Waals surface area (Å²) in [6.45, 7) is 9.51. The molecule has 7 nitrogen and oxygen atoms in total. The van der Waals surface area contributed by atoms with E-state index in [1.807, 2.05) is 34.6 Å². The summed E-state index contributed by atoms with van der Waals surface area (Å²) < 4.78 is 16.9. The van der Waals surface area contributed by atoms with Crippen molar-refractivity contribution < 1.29 is 19.0 Å². The molecule has 21 heavy (non-hydrogen) atoms. The molecule has 0 saturated carbocycles. The lowest BCUT2D eigenvalue weighted by molar-refractivity contribution is -0.300. The van der Waals surface area contributed by atoms with E-state index in [9.17, 15) is 4.79 Å². The van der Waals surface area contributed by atoms with E-state index in [0.717, 1.165) is 0 Å². The molecule has 0 bridgehead atoms.